The van der Waals surface area contributed by atoms with Crippen molar-refractivity contribution in [3.63, 3.8) is 0 Å². The van der Waals surface area contributed by atoms with Gasteiger partial charge in [-0.2, -0.15) is 0 Å². The Morgan fingerprint density at radius 2 is 1.60 bits per heavy atom. The summed E-state index contributed by atoms with van der Waals surface area (Å²) in [5, 5.41) is 0. The fraction of sp³-hybridized carbons (Fsp3) is 0. The first kappa shape index (κ1) is 16.8. The van der Waals surface area contributed by atoms with E-state index in [9.17, 15) is 17.2 Å². The quantitative estimate of drug-likeness (QED) is 0.752. The molecule has 9 heteroatoms. The van der Waals surface area contributed by atoms with Gasteiger partial charge >= 0.3 is 6.01 Å². The lowest BCUT2D eigenvalue weighted by atomic mass is 10.3. The van der Waals surface area contributed by atoms with Gasteiger partial charge in [0, 0.05) is 0 Å². The number of hydrogen-bond acceptors (Lipinski definition) is 5. The third-order valence-electron chi connectivity index (χ3n) is 3.03. The molecule has 25 heavy (non-hydrogen) atoms. The van der Waals surface area contributed by atoms with Gasteiger partial charge in [0.15, 0.2) is 11.6 Å². The average Bonchev–Trinajstić information content (AvgIpc) is 2.60. The van der Waals surface area contributed by atoms with Crippen LogP contribution in [0.1, 0.15) is 0 Å². The van der Waals surface area contributed by atoms with E-state index < -0.39 is 26.6 Å². The van der Waals surface area contributed by atoms with Gasteiger partial charge in [0.2, 0.25) is 0 Å². The number of aromatic nitrogens is 2. The van der Waals surface area contributed by atoms with E-state index in [1.165, 1.54) is 12.4 Å². The smallest absolute Gasteiger partial charge is 0.322 e. The summed E-state index contributed by atoms with van der Waals surface area (Å²) in [6.45, 7) is 0. The van der Waals surface area contributed by atoms with Crippen LogP contribution in [-0.4, -0.2) is 18.4 Å². The number of nitrogens with zero attached hydrogens (tertiary/aromatic N) is 2. The van der Waals surface area contributed by atoms with Gasteiger partial charge in [-0.15, -0.1) is 0 Å². The summed E-state index contributed by atoms with van der Waals surface area (Å²) >= 11 is 0. The maximum atomic E-state index is 13.2. The van der Waals surface area contributed by atoms with E-state index in [2.05, 4.69) is 14.7 Å². The summed E-state index contributed by atoms with van der Waals surface area (Å²) in [6, 6.07) is 11.1. The van der Waals surface area contributed by atoms with Crippen molar-refractivity contribution >= 4 is 15.7 Å². The van der Waals surface area contributed by atoms with Crippen molar-refractivity contribution in [2.45, 2.75) is 4.90 Å². The minimum atomic E-state index is -4.10. The van der Waals surface area contributed by atoms with Gasteiger partial charge in [0.1, 0.15) is 5.75 Å². The van der Waals surface area contributed by atoms with Crippen molar-refractivity contribution in [2.75, 3.05) is 4.72 Å². The van der Waals surface area contributed by atoms with Crippen molar-refractivity contribution in [3.05, 3.63) is 72.6 Å². The van der Waals surface area contributed by atoms with Crippen molar-refractivity contribution in [1.82, 2.24) is 9.97 Å². The molecule has 0 aliphatic carbocycles. The molecule has 0 amide bonds. The molecule has 0 fully saturated rings. The van der Waals surface area contributed by atoms with E-state index in [1.54, 1.807) is 24.3 Å². The Labute approximate surface area is 142 Å². The molecule has 0 spiro atoms. The van der Waals surface area contributed by atoms with E-state index >= 15 is 0 Å². The fourth-order valence-corrected chi connectivity index (χ4v) is 2.91. The van der Waals surface area contributed by atoms with Gasteiger partial charge in [-0.25, -0.2) is 27.2 Å². The number of anilines is 1. The summed E-state index contributed by atoms with van der Waals surface area (Å²) in [7, 11) is -4.10. The molecular weight excluding hydrogens is 352 g/mol. The molecule has 0 saturated heterocycles. The van der Waals surface area contributed by atoms with E-state index in [0.717, 1.165) is 12.1 Å². The molecule has 128 valence electrons. The number of sulfonamides is 1. The van der Waals surface area contributed by atoms with E-state index in [4.69, 9.17) is 4.74 Å². The first-order valence-corrected chi connectivity index (χ1v) is 8.45. The normalized spacial score (nSPS) is 11.1. The second-order valence-electron chi connectivity index (χ2n) is 4.85. The Morgan fingerprint density at radius 1 is 0.920 bits per heavy atom. The monoisotopic (exact) mass is 363 g/mol. The van der Waals surface area contributed by atoms with Crippen molar-refractivity contribution < 1.29 is 21.9 Å². The Balaban J connectivity index is 1.75. The zero-order valence-corrected chi connectivity index (χ0v) is 13.4. The van der Waals surface area contributed by atoms with E-state index in [1.807, 2.05) is 6.07 Å². The molecule has 0 bridgehead atoms. The summed E-state index contributed by atoms with van der Waals surface area (Å²) in [5.74, 6) is -1.87. The lowest BCUT2D eigenvalue weighted by Gasteiger charge is -2.08. The molecule has 6 nitrogen and oxygen atoms in total. The zero-order chi connectivity index (χ0) is 17.9. The van der Waals surface area contributed by atoms with Crippen LogP contribution in [0.4, 0.5) is 14.5 Å². The SMILES string of the molecule is O=S(=O)(Nc1cnc(Oc2ccccc2)nc1)c1ccc(F)c(F)c1. The highest BCUT2D eigenvalue weighted by Crippen LogP contribution is 2.20. The molecular formula is C16H11F2N3O3S. The first-order valence-electron chi connectivity index (χ1n) is 6.97. The number of hydrogen-bond donors (Lipinski definition) is 1. The summed E-state index contributed by atoms with van der Waals surface area (Å²) in [4.78, 5) is 7.36. The Morgan fingerprint density at radius 3 is 2.24 bits per heavy atom. The number of benzene rings is 2. The summed E-state index contributed by atoms with van der Waals surface area (Å²) in [6.07, 6.45) is 2.39. The number of para-hydroxylation sites is 1. The highest BCUT2D eigenvalue weighted by molar-refractivity contribution is 7.92. The van der Waals surface area contributed by atoms with Crippen LogP contribution in [0.3, 0.4) is 0 Å². The average molecular weight is 363 g/mol. The molecule has 2 aromatic carbocycles. The van der Waals surface area contributed by atoms with Crippen molar-refractivity contribution in [2.24, 2.45) is 0 Å². The topological polar surface area (TPSA) is 81.2 Å². The van der Waals surface area contributed by atoms with E-state index in [0.29, 0.717) is 11.8 Å². The predicted molar refractivity (Wildman–Crippen MR) is 85.7 cm³/mol. The molecule has 0 saturated carbocycles. The van der Waals surface area contributed by atoms with Crippen molar-refractivity contribution in [3.8, 4) is 11.8 Å². The van der Waals surface area contributed by atoms with Crippen LogP contribution in [0.25, 0.3) is 0 Å². The molecule has 1 N–H and O–H groups in total. The number of halogens is 2. The fourth-order valence-electron chi connectivity index (χ4n) is 1.87. The largest absolute Gasteiger partial charge is 0.424 e. The van der Waals surface area contributed by atoms with E-state index in [-0.39, 0.29) is 11.7 Å². The lowest BCUT2D eigenvalue weighted by molar-refractivity contribution is 0.442. The van der Waals surface area contributed by atoms with Gasteiger partial charge in [-0.3, -0.25) is 4.72 Å². The highest BCUT2D eigenvalue weighted by atomic mass is 32.2. The second kappa shape index (κ2) is 6.81. The molecule has 1 heterocycles. The van der Waals surface area contributed by atoms with Crippen molar-refractivity contribution in [1.29, 1.82) is 0 Å². The molecule has 0 aliphatic heterocycles. The molecule has 0 aliphatic rings. The predicted octanol–water partition coefficient (Wildman–Crippen LogP) is 3.35. The van der Waals surface area contributed by atoms with Crippen LogP contribution in [0.15, 0.2) is 65.8 Å². The summed E-state index contributed by atoms with van der Waals surface area (Å²) < 4.78 is 58.0. The third kappa shape index (κ3) is 4.07. The highest BCUT2D eigenvalue weighted by Gasteiger charge is 2.17. The van der Waals surface area contributed by atoms with Crippen LogP contribution in [0.2, 0.25) is 0 Å². The van der Waals surface area contributed by atoms with Crippen LogP contribution in [0, 0.1) is 11.6 Å². The van der Waals surface area contributed by atoms with Gasteiger partial charge in [0.05, 0.1) is 23.0 Å². The first-order chi connectivity index (χ1) is 11.9. The Bertz CT molecular complexity index is 981. The lowest BCUT2D eigenvalue weighted by Crippen LogP contribution is -2.14. The molecule has 1 aromatic heterocycles. The van der Waals surface area contributed by atoms with Gasteiger partial charge in [0.25, 0.3) is 10.0 Å². The third-order valence-corrected chi connectivity index (χ3v) is 4.41. The number of nitrogens with one attached hydrogen (secondary N) is 1. The zero-order valence-electron chi connectivity index (χ0n) is 12.6. The maximum Gasteiger partial charge on any atom is 0.322 e. The molecule has 0 unspecified atom stereocenters. The number of ether oxygens (including phenoxy) is 1. The second-order valence-corrected chi connectivity index (χ2v) is 6.53. The van der Waals surface area contributed by atoms with Crippen LogP contribution >= 0.6 is 0 Å². The summed E-state index contributed by atoms with van der Waals surface area (Å²) in [5.41, 5.74) is 0.0464. The molecule has 0 atom stereocenters. The van der Waals surface area contributed by atoms with Crippen LogP contribution in [0.5, 0.6) is 11.8 Å². The van der Waals surface area contributed by atoms with Gasteiger partial charge in [-0.1, -0.05) is 18.2 Å². The molecule has 3 aromatic rings. The van der Waals surface area contributed by atoms with Crippen LogP contribution in [-0.2, 0) is 10.0 Å². The number of rotatable bonds is 5. The van der Waals surface area contributed by atoms with Crippen LogP contribution < -0.4 is 9.46 Å². The standard InChI is InChI=1S/C16H11F2N3O3S/c17-14-7-6-13(8-15(14)18)25(22,23)21-11-9-19-16(20-10-11)24-12-4-2-1-3-5-12/h1-10,21H. The molecule has 0 radical (unpaired) electrons. The van der Waals surface area contributed by atoms with Gasteiger partial charge in [-0.05, 0) is 30.3 Å². The minimum Gasteiger partial charge on any atom is -0.424 e. The Hall–Kier alpha value is -3.07. The Kier molecular flexibility index (Phi) is 4.57. The minimum absolute atomic E-state index is 0.0296. The van der Waals surface area contributed by atoms with Gasteiger partial charge < -0.3 is 4.74 Å². The maximum absolute atomic E-state index is 13.2. The molecule has 3 rings (SSSR count).